The number of rotatable bonds is 6. The average molecular weight is 350 g/mol. The molecule has 1 aromatic heterocycles. The van der Waals surface area contributed by atoms with Gasteiger partial charge in [-0.05, 0) is 62.9 Å². The van der Waals surface area contributed by atoms with E-state index in [4.69, 9.17) is 4.74 Å². The molecule has 24 heavy (non-hydrogen) atoms. The first kappa shape index (κ1) is 17.4. The van der Waals surface area contributed by atoms with Crippen LogP contribution in [0, 0.1) is 0 Å². The number of carbonyl (C=O) groups excluding carboxylic acids is 2. The number of carbonyl (C=O) groups is 2. The molecular formula is C18H26N2O3S. The van der Waals surface area contributed by atoms with Crippen LogP contribution in [0.5, 0.6) is 0 Å². The van der Waals surface area contributed by atoms with Crippen molar-refractivity contribution in [3.8, 4) is 0 Å². The number of amides is 1. The first-order valence-corrected chi connectivity index (χ1v) is 9.80. The van der Waals surface area contributed by atoms with Crippen molar-refractivity contribution < 1.29 is 14.3 Å². The van der Waals surface area contributed by atoms with Gasteiger partial charge in [-0.3, -0.25) is 9.69 Å². The highest BCUT2D eigenvalue weighted by Crippen LogP contribution is 2.46. The second-order valence-electron chi connectivity index (χ2n) is 6.75. The first-order chi connectivity index (χ1) is 11.6. The van der Waals surface area contributed by atoms with E-state index in [1.165, 1.54) is 17.8 Å². The number of esters is 1. The Morgan fingerprint density at radius 3 is 2.79 bits per heavy atom. The second-order valence-corrected chi connectivity index (χ2v) is 7.63. The maximum Gasteiger partial charge on any atom is 0.341 e. The molecule has 2 fully saturated rings. The maximum atomic E-state index is 12.5. The number of hydrogen-bond acceptors (Lipinski definition) is 5. The fourth-order valence-electron chi connectivity index (χ4n) is 3.31. The molecule has 1 atom stereocenters. The van der Waals surface area contributed by atoms with E-state index in [0.29, 0.717) is 35.7 Å². The van der Waals surface area contributed by atoms with Gasteiger partial charge in [0.15, 0.2) is 0 Å². The summed E-state index contributed by atoms with van der Waals surface area (Å²) in [6.07, 6.45) is 5.76. The van der Waals surface area contributed by atoms with Gasteiger partial charge in [0.2, 0.25) is 5.91 Å². The van der Waals surface area contributed by atoms with Crippen molar-refractivity contribution in [2.24, 2.45) is 0 Å². The monoisotopic (exact) mass is 350 g/mol. The average Bonchev–Trinajstić information content (AvgIpc) is 3.31. The van der Waals surface area contributed by atoms with Crippen LogP contribution >= 0.6 is 11.3 Å². The first-order valence-electron chi connectivity index (χ1n) is 8.92. The van der Waals surface area contributed by atoms with E-state index in [-0.39, 0.29) is 11.9 Å². The zero-order valence-electron chi connectivity index (χ0n) is 14.5. The molecule has 1 aromatic rings. The van der Waals surface area contributed by atoms with Crippen LogP contribution in [0.2, 0.25) is 0 Å². The molecule has 0 radical (unpaired) electrons. The van der Waals surface area contributed by atoms with Crippen LogP contribution in [0.15, 0.2) is 5.38 Å². The third-order valence-corrected chi connectivity index (χ3v) is 5.77. The molecule has 0 bridgehead atoms. The van der Waals surface area contributed by atoms with Crippen LogP contribution < -0.4 is 5.32 Å². The Labute approximate surface area is 147 Å². The third-order valence-electron chi connectivity index (χ3n) is 4.86. The lowest BCUT2D eigenvalue weighted by molar-refractivity contribution is -0.118. The number of nitrogens with zero attached hydrogens (tertiary/aromatic N) is 1. The Hall–Kier alpha value is -1.40. The minimum absolute atomic E-state index is 0.0431. The van der Waals surface area contributed by atoms with Gasteiger partial charge in [-0.15, -0.1) is 11.3 Å². The predicted molar refractivity (Wildman–Crippen MR) is 95.8 cm³/mol. The highest BCUT2D eigenvalue weighted by molar-refractivity contribution is 7.15. The molecule has 1 saturated heterocycles. The molecule has 3 rings (SSSR count). The summed E-state index contributed by atoms with van der Waals surface area (Å²) in [5, 5.41) is 5.60. The van der Waals surface area contributed by atoms with Crippen LogP contribution in [-0.2, 0) is 9.53 Å². The highest BCUT2D eigenvalue weighted by atomic mass is 32.1. The normalized spacial score (nSPS) is 21.5. The lowest BCUT2D eigenvalue weighted by Gasteiger charge is -2.32. The zero-order valence-corrected chi connectivity index (χ0v) is 15.3. The molecule has 1 aliphatic heterocycles. The van der Waals surface area contributed by atoms with E-state index >= 15 is 0 Å². The summed E-state index contributed by atoms with van der Waals surface area (Å²) in [5.74, 6) is 0.0919. The number of thiophene rings is 1. The summed E-state index contributed by atoms with van der Waals surface area (Å²) >= 11 is 1.44. The zero-order chi connectivity index (χ0) is 17.1. The quantitative estimate of drug-likeness (QED) is 0.796. The summed E-state index contributed by atoms with van der Waals surface area (Å²) in [5.41, 5.74) is 1.62. The Morgan fingerprint density at radius 1 is 1.33 bits per heavy atom. The summed E-state index contributed by atoms with van der Waals surface area (Å²) in [6.45, 7) is 5.68. The number of hydrogen-bond donors (Lipinski definition) is 1. The fourth-order valence-corrected chi connectivity index (χ4v) is 4.36. The topological polar surface area (TPSA) is 58.6 Å². The molecule has 5 nitrogen and oxygen atoms in total. The van der Waals surface area contributed by atoms with Crippen molar-refractivity contribution in [1.29, 1.82) is 0 Å². The highest BCUT2D eigenvalue weighted by Gasteiger charge is 2.32. The molecule has 1 N–H and O–H groups in total. The molecule has 0 spiro atoms. The smallest absolute Gasteiger partial charge is 0.341 e. The molecule has 1 amide bonds. The molecule has 6 heteroatoms. The largest absolute Gasteiger partial charge is 0.462 e. The van der Waals surface area contributed by atoms with E-state index in [9.17, 15) is 9.59 Å². The van der Waals surface area contributed by atoms with Gasteiger partial charge in [-0.2, -0.15) is 0 Å². The van der Waals surface area contributed by atoms with E-state index < -0.39 is 0 Å². The molecule has 0 aromatic carbocycles. The molecule has 1 aliphatic carbocycles. The van der Waals surface area contributed by atoms with Crippen molar-refractivity contribution in [2.45, 2.75) is 57.9 Å². The van der Waals surface area contributed by atoms with Gasteiger partial charge in [-0.1, -0.05) is 6.42 Å². The van der Waals surface area contributed by atoms with E-state index in [1.807, 2.05) is 5.38 Å². The van der Waals surface area contributed by atoms with Crippen LogP contribution in [-0.4, -0.2) is 42.5 Å². The Morgan fingerprint density at radius 2 is 2.12 bits per heavy atom. The molecule has 132 valence electrons. The summed E-state index contributed by atoms with van der Waals surface area (Å²) in [6, 6.07) is 0.444. The third kappa shape index (κ3) is 3.98. The van der Waals surface area contributed by atoms with Crippen molar-refractivity contribution in [2.75, 3.05) is 25.0 Å². The minimum Gasteiger partial charge on any atom is -0.462 e. The maximum absolute atomic E-state index is 12.5. The van der Waals surface area contributed by atoms with Gasteiger partial charge in [0.25, 0.3) is 0 Å². The van der Waals surface area contributed by atoms with Gasteiger partial charge in [0.1, 0.15) is 5.00 Å². The van der Waals surface area contributed by atoms with Gasteiger partial charge >= 0.3 is 5.97 Å². The Bertz CT molecular complexity index is 609. The number of likely N-dealkylation sites (tertiary alicyclic amines) is 1. The minimum atomic E-state index is -0.317. The van der Waals surface area contributed by atoms with E-state index in [0.717, 1.165) is 37.8 Å². The van der Waals surface area contributed by atoms with Crippen molar-refractivity contribution in [1.82, 2.24) is 4.90 Å². The Kier molecular flexibility index (Phi) is 5.56. The molecule has 2 heterocycles. The summed E-state index contributed by atoms with van der Waals surface area (Å²) in [4.78, 5) is 27.0. The van der Waals surface area contributed by atoms with Crippen molar-refractivity contribution in [3.63, 3.8) is 0 Å². The van der Waals surface area contributed by atoms with Crippen molar-refractivity contribution >= 4 is 28.2 Å². The molecule has 2 aliphatic rings. The van der Waals surface area contributed by atoms with Gasteiger partial charge in [0.05, 0.1) is 18.7 Å². The van der Waals surface area contributed by atoms with Crippen LogP contribution in [0.4, 0.5) is 5.00 Å². The van der Waals surface area contributed by atoms with Crippen LogP contribution in [0.3, 0.4) is 0 Å². The summed E-state index contributed by atoms with van der Waals surface area (Å²) < 4.78 is 5.20. The van der Waals surface area contributed by atoms with Crippen LogP contribution in [0.1, 0.15) is 67.8 Å². The SMILES string of the molecule is CCOC(=O)c1c(C2CC2)csc1NC(=O)CN1CCCC[C@H]1C. The van der Waals surface area contributed by atoms with Gasteiger partial charge < -0.3 is 10.1 Å². The van der Waals surface area contributed by atoms with Crippen molar-refractivity contribution in [3.05, 3.63) is 16.5 Å². The number of piperidine rings is 1. The lowest BCUT2D eigenvalue weighted by atomic mass is 10.0. The van der Waals surface area contributed by atoms with Gasteiger partial charge in [-0.25, -0.2) is 4.79 Å². The van der Waals surface area contributed by atoms with E-state index in [1.54, 1.807) is 6.92 Å². The van der Waals surface area contributed by atoms with Crippen LogP contribution in [0.25, 0.3) is 0 Å². The Balaban J connectivity index is 1.69. The second kappa shape index (κ2) is 7.66. The molecule has 0 unspecified atom stereocenters. The number of anilines is 1. The fraction of sp³-hybridized carbons (Fsp3) is 0.667. The van der Waals surface area contributed by atoms with E-state index in [2.05, 4.69) is 17.1 Å². The molecule has 1 saturated carbocycles. The predicted octanol–water partition coefficient (Wildman–Crippen LogP) is 3.62. The lowest BCUT2D eigenvalue weighted by Crippen LogP contribution is -2.42. The number of ether oxygens (including phenoxy) is 1. The van der Waals surface area contributed by atoms with Gasteiger partial charge in [0, 0.05) is 6.04 Å². The standard InChI is InChI=1S/C18H26N2O3S/c1-3-23-18(22)16-14(13-7-8-13)11-24-17(16)19-15(21)10-20-9-5-4-6-12(20)2/h11-13H,3-10H2,1-2H3,(H,19,21)/t12-/m1/s1. The number of nitrogens with one attached hydrogen (secondary N) is 1. The molecular weight excluding hydrogens is 324 g/mol. The summed E-state index contributed by atoms with van der Waals surface area (Å²) in [7, 11) is 0.